The SMILES string of the molecule is O=C(NCCc1nc2ccccc2o1)c1ccccc1. The van der Waals surface area contributed by atoms with Gasteiger partial charge in [-0.25, -0.2) is 4.98 Å². The lowest BCUT2D eigenvalue weighted by molar-refractivity contribution is 0.0953. The van der Waals surface area contributed by atoms with Crippen molar-refractivity contribution in [3.8, 4) is 0 Å². The van der Waals surface area contributed by atoms with Gasteiger partial charge >= 0.3 is 0 Å². The molecule has 1 N–H and O–H groups in total. The Morgan fingerprint density at radius 3 is 2.60 bits per heavy atom. The van der Waals surface area contributed by atoms with Crippen LogP contribution in [0.15, 0.2) is 59.0 Å². The van der Waals surface area contributed by atoms with Crippen LogP contribution < -0.4 is 5.32 Å². The minimum atomic E-state index is -0.0817. The number of carbonyl (C=O) groups excluding carboxylic acids is 1. The minimum Gasteiger partial charge on any atom is -0.441 e. The molecule has 3 aromatic rings. The number of benzene rings is 2. The first-order valence-corrected chi connectivity index (χ1v) is 6.50. The molecule has 0 saturated carbocycles. The summed E-state index contributed by atoms with van der Waals surface area (Å²) >= 11 is 0. The number of oxazole rings is 1. The Bertz CT molecular complexity index is 686. The highest BCUT2D eigenvalue weighted by Crippen LogP contribution is 2.14. The standard InChI is InChI=1S/C16H14N2O2/c19-16(12-6-2-1-3-7-12)17-11-10-15-18-13-8-4-5-9-14(13)20-15/h1-9H,10-11H2,(H,17,19). The number of hydrogen-bond acceptors (Lipinski definition) is 3. The summed E-state index contributed by atoms with van der Waals surface area (Å²) in [6.07, 6.45) is 0.577. The van der Waals surface area contributed by atoms with Gasteiger partial charge in [-0.15, -0.1) is 0 Å². The predicted octanol–water partition coefficient (Wildman–Crippen LogP) is 2.80. The molecule has 4 heteroatoms. The van der Waals surface area contributed by atoms with Gasteiger partial charge in [-0.2, -0.15) is 0 Å². The van der Waals surface area contributed by atoms with Gasteiger partial charge in [0.25, 0.3) is 5.91 Å². The zero-order chi connectivity index (χ0) is 13.8. The molecular formula is C16H14N2O2. The van der Waals surface area contributed by atoms with E-state index >= 15 is 0 Å². The lowest BCUT2D eigenvalue weighted by Crippen LogP contribution is -2.25. The van der Waals surface area contributed by atoms with Crippen molar-refractivity contribution >= 4 is 17.0 Å². The number of para-hydroxylation sites is 2. The number of nitrogens with zero attached hydrogens (tertiary/aromatic N) is 1. The molecule has 3 rings (SSSR count). The van der Waals surface area contributed by atoms with E-state index in [1.807, 2.05) is 42.5 Å². The first-order valence-electron chi connectivity index (χ1n) is 6.50. The van der Waals surface area contributed by atoms with Crippen molar-refractivity contribution in [1.82, 2.24) is 10.3 Å². The van der Waals surface area contributed by atoms with Crippen molar-refractivity contribution in [2.24, 2.45) is 0 Å². The minimum absolute atomic E-state index is 0.0817. The summed E-state index contributed by atoms with van der Waals surface area (Å²) in [5.41, 5.74) is 2.28. The molecule has 2 aromatic carbocycles. The van der Waals surface area contributed by atoms with E-state index < -0.39 is 0 Å². The quantitative estimate of drug-likeness (QED) is 0.790. The fraction of sp³-hybridized carbons (Fsp3) is 0.125. The number of hydrogen-bond donors (Lipinski definition) is 1. The van der Waals surface area contributed by atoms with Gasteiger partial charge in [-0.1, -0.05) is 30.3 Å². The molecular weight excluding hydrogens is 252 g/mol. The van der Waals surface area contributed by atoms with Crippen LogP contribution in [0.5, 0.6) is 0 Å². The van der Waals surface area contributed by atoms with Gasteiger partial charge in [0.1, 0.15) is 5.52 Å². The number of rotatable bonds is 4. The molecule has 0 fully saturated rings. The monoisotopic (exact) mass is 266 g/mol. The van der Waals surface area contributed by atoms with Crippen LogP contribution in [-0.2, 0) is 6.42 Å². The summed E-state index contributed by atoms with van der Waals surface area (Å²) in [4.78, 5) is 16.2. The van der Waals surface area contributed by atoms with E-state index in [1.54, 1.807) is 12.1 Å². The Morgan fingerprint density at radius 1 is 1.05 bits per heavy atom. The van der Waals surface area contributed by atoms with Crippen molar-refractivity contribution in [3.05, 3.63) is 66.1 Å². The van der Waals surface area contributed by atoms with Crippen LogP contribution in [0.1, 0.15) is 16.2 Å². The lowest BCUT2D eigenvalue weighted by Gasteiger charge is -2.02. The van der Waals surface area contributed by atoms with Crippen LogP contribution in [0, 0.1) is 0 Å². The molecule has 100 valence electrons. The first-order chi connectivity index (χ1) is 9.83. The Balaban J connectivity index is 1.58. The Labute approximate surface area is 116 Å². The van der Waals surface area contributed by atoms with Gasteiger partial charge in [0.15, 0.2) is 11.5 Å². The first kappa shape index (κ1) is 12.4. The summed E-state index contributed by atoms with van der Waals surface area (Å²) in [5.74, 6) is 0.557. The number of fused-ring (bicyclic) bond motifs is 1. The molecule has 1 amide bonds. The highest BCUT2D eigenvalue weighted by Gasteiger charge is 2.07. The highest BCUT2D eigenvalue weighted by atomic mass is 16.3. The normalized spacial score (nSPS) is 10.6. The maximum Gasteiger partial charge on any atom is 0.251 e. The van der Waals surface area contributed by atoms with Crippen molar-refractivity contribution in [2.45, 2.75) is 6.42 Å². The van der Waals surface area contributed by atoms with Crippen molar-refractivity contribution in [2.75, 3.05) is 6.54 Å². The lowest BCUT2D eigenvalue weighted by atomic mass is 10.2. The van der Waals surface area contributed by atoms with Crippen LogP contribution in [0.2, 0.25) is 0 Å². The van der Waals surface area contributed by atoms with Crippen molar-refractivity contribution < 1.29 is 9.21 Å². The van der Waals surface area contributed by atoms with Gasteiger partial charge in [-0.05, 0) is 24.3 Å². The molecule has 0 radical (unpaired) electrons. The van der Waals surface area contributed by atoms with Crippen LogP contribution >= 0.6 is 0 Å². The number of carbonyl (C=O) groups is 1. The highest BCUT2D eigenvalue weighted by molar-refractivity contribution is 5.94. The van der Waals surface area contributed by atoms with Gasteiger partial charge in [-0.3, -0.25) is 4.79 Å². The molecule has 0 spiro atoms. The van der Waals surface area contributed by atoms with Gasteiger partial charge < -0.3 is 9.73 Å². The van der Waals surface area contributed by atoms with Crippen LogP contribution in [-0.4, -0.2) is 17.4 Å². The topological polar surface area (TPSA) is 55.1 Å². The average molecular weight is 266 g/mol. The number of amides is 1. The van der Waals surface area contributed by atoms with Crippen LogP contribution in [0.3, 0.4) is 0 Å². The second-order valence-corrected chi connectivity index (χ2v) is 4.45. The molecule has 0 atom stereocenters. The van der Waals surface area contributed by atoms with E-state index in [9.17, 15) is 4.79 Å². The molecule has 0 saturated heterocycles. The van der Waals surface area contributed by atoms with E-state index in [4.69, 9.17) is 4.42 Å². The fourth-order valence-corrected chi connectivity index (χ4v) is 2.00. The zero-order valence-electron chi connectivity index (χ0n) is 10.9. The molecule has 1 aromatic heterocycles. The maximum atomic E-state index is 11.8. The molecule has 4 nitrogen and oxygen atoms in total. The van der Waals surface area contributed by atoms with E-state index in [2.05, 4.69) is 10.3 Å². The molecule has 0 unspecified atom stereocenters. The second kappa shape index (κ2) is 5.57. The number of aromatic nitrogens is 1. The third-order valence-electron chi connectivity index (χ3n) is 3.00. The van der Waals surface area contributed by atoms with Crippen LogP contribution in [0.25, 0.3) is 11.1 Å². The van der Waals surface area contributed by atoms with Gasteiger partial charge in [0, 0.05) is 18.5 Å². The van der Waals surface area contributed by atoms with E-state index in [-0.39, 0.29) is 5.91 Å². The van der Waals surface area contributed by atoms with Gasteiger partial charge in [0.2, 0.25) is 0 Å². The second-order valence-electron chi connectivity index (χ2n) is 4.45. The number of nitrogens with one attached hydrogen (secondary N) is 1. The van der Waals surface area contributed by atoms with E-state index in [1.165, 1.54) is 0 Å². The zero-order valence-corrected chi connectivity index (χ0v) is 10.9. The fourth-order valence-electron chi connectivity index (χ4n) is 2.00. The average Bonchev–Trinajstić information content (AvgIpc) is 2.90. The Kier molecular flexibility index (Phi) is 3.46. The third kappa shape index (κ3) is 2.69. The third-order valence-corrected chi connectivity index (χ3v) is 3.00. The van der Waals surface area contributed by atoms with E-state index in [0.29, 0.717) is 24.4 Å². The molecule has 1 heterocycles. The summed E-state index contributed by atoms with van der Waals surface area (Å²) < 4.78 is 5.59. The maximum absolute atomic E-state index is 11.8. The molecule has 0 aliphatic rings. The predicted molar refractivity (Wildman–Crippen MR) is 76.5 cm³/mol. The largest absolute Gasteiger partial charge is 0.441 e. The Morgan fingerprint density at radius 2 is 1.80 bits per heavy atom. The van der Waals surface area contributed by atoms with Gasteiger partial charge in [0.05, 0.1) is 0 Å². The van der Waals surface area contributed by atoms with E-state index in [0.717, 1.165) is 11.1 Å². The van der Waals surface area contributed by atoms with Crippen molar-refractivity contribution in [3.63, 3.8) is 0 Å². The molecule has 0 aliphatic carbocycles. The van der Waals surface area contributed by atoms with Crippen molar-refractivity contribution in [1.29, 1.82) is 0 Å². The molecule has 0 bridgehead atoms. The summed E-state index contributed by atoms with van der Waals surface area (Å²) in [7, 11) is 0. The summed E-state index contributed by atoms with van der Waals surface area (Å²) in [5, 5.41) is 2.85. The van der Waals surface area contributed by atoms with Crippen LogP contribution in [0.4, 0.5) is 0 Å². The molecule has 0 aliphatic heterocycles. The summed E-state index contributed by atoms with van der Waals surface area (Å²) in [6.45, 7) is 0.501. The molecule has 20 heavy (non-hydrogen) atoms. The smallest absolute Gasteiger partial charge is 0.251 e. The summed E-state index contributed by atoms with van der Waals surface area (Å²) in [6, 6.07) is 16.8. The Hall–Kier alpha value is -2.62.